The number of carbonyl (C=O) groups excluding carboxylic acids is 2. The second-order valence-corrected chi connectivity index (χ2v) is 11.7. The molecule has 1 spiro atoms. The number of anilines is 1. The molecule has 3 fully saturated rings. The van der Waals surface area contributed by atoms with Crippen LogP contribution in [0.2, 0.25) is 0 Å². The van der Waals surface area contributed by atoms with Crippen molar-refractivity contribution < 1.29 is 23.8 Å². The average molecular weight is 547 g/mol. The van der Waals surface area contributed by atoms with Crippen LogP contribution in [0.4, 0.5) is 5.69 Å². The quantitative estimate of drug-likeness (QED) is 0.393. The van der Waals surface area contributed by atoms with Gasteiger partial charge in [0.2, 0.25) is 5.91 Å². The van der Waals surface area contributed by atoms with E-state index in [9.17, 15) is 9.59 Å². The minimum atomic E-state index is -0.472. The molecule has 0 bridgehead atoms. The van der Waals surface area contributed by atoms with E-state index in [0.717, 1.165) is 54.3 Å². The topological polar surface area (TPSA) is 65.1 Å². The summed E-state index contributed by atoms with van der Waals surface area (Å²) in [4.78, 5) is 28.8. The number of hydrogen-bond acceptors (Lipinski definition) is 6. The SMILES string of the molecule is COC(=O)c1sc(I)cc1N(C(=O)C1CCC(C)CC1)C1CCC2(CC1)OCCO2. The highest BCUT2D eigenvalue weighted by molar-refractivity contribution is 14.1. The molecule has 2 aliphatic carbocycles. The minimum Gasteiger partial charge on any atom is -0.465 e. The fourth-order valence-electron chi connectivity index (χ4n) is 5.06. The molecule has 0 aromatic carbocycles. The van der Waals surface area contributed by atoms with Gasteiger partial charge in [-0.05, 0) is 73.1 Å². The van der Waals surface area contributed by atoms with Crippen molar-refractivity contribution in [3.63, 3.8) is 0 Å². The van der Waals surface area contributed by atoms with Gasteiger partial charge in [0, 0.05) is 24.8 Å². The number of hydrogen-bond donors (Lipinski definition) is 0. The second kappa shape index (κ2) is 9.42. The molecule has 4 rings (SSSR count). The van der Waals surface area contributed by atoms with Crippen LogP contribution in [-0.2, 0) is 19.0 Å². The van der Waals surface area contributed by atoms with Crippen LogP contribution in [0.25, 0.3) is 0 Å². The lowest BCUT2D eigenvalue weighted by Crippen LogP contribution is -2.49. The van der Waals surface area contributed by atoms with E-state index in [-0.39, 0.29) is 23.8 Å². The Morgan fingerprint density at radius 2 is 1.77 bits per heavy atom. The zero-order valence-corrected chi connectivity index (χ0v) is 20.6. The first-order valence-corrected chi connectivity index (χ1v) is 12.8. The summed E-state index contributed by atoms with van der Waals surface area (Å²) in [7, 11) is 1.40. The average Bonchev–Trinajstić information content (AvgIpc) is 3.36. The number of carbonyl (C=O) groups is 2. The van der Waals surface area contributed by atoms with Crippen LogP contribution < -0.4 is 4.90 Å². The van der Waals surface area contributed by atoms with E-state index in [1.54, 1.807) is 0 Å². The van der Waals surface area contributed by atoms with E-state index in [1.165, 1.54) is 18.4 Å². The van der Waals surface area contributed by atoms with Gasteiger partial charge < -0.3 is 19.1 Å². The number of thiophene rings is 1. The standard InChI is InChI=1S/C22H30INO5S/c1-14-3-5-15(6-4-14)20(25)24(17-13-18(23)30-19(17)21(26)27-2)16-7-9-22(10-8-16)28-11-12-29-22/h13-16H,3-12H2,1-2H3. The molecule has 2 saturated carbocycles. The molecule has 30 heavy (non-hydrogen) atoms. The van der Waals surface area contributed by atoms with Gasteiger partial charge in [0.05, 0.1) is 28.9 Å². The largest absolute Gasteiger partial charge is 0.465 e. The van der Waals surface area contributed by atoms with Gasteiger partial charge in [0.15, 0.2) is 5.79 Å². The molecule has 1 aromatic rings. The predicted molar refractivity (Wildman–Crippen MR) is 124 cm³/mol. The molecule has 8 heteroatoms. The molecular formula is C22H30INO5S. The summed E-state index contributed by atoms with van der Waals surface area (Å²) < 4.78 is 17.8. The van der Waals surface area contributed by atoms with Gasteiger partial charge in [-0.25, -0.2) is 4.79 Å². The van der Waals surface area contributed by atoms with Crippen molar-refractivity contribution in [2.45, 2.75) is 70.1 Å². The molecule has 166 valence electrons. The lowest BCUT2D eigenvalue weighted by Gasteiger charge is -2.42. The van der Waals surface area contributed by atoms with Crippen LogP contribution >= 0.6 is 33.9 Å². The van der Waals surface area contributed by atoms with Crippen molar-refractivity contribution in [1.82, 2.24) is 0 Å². The molecule has 0 N–H and O–H groups in total. The summed E-state index contributed by atoms with van der Waals surface area (Å²) >= 11 is 3.61. The summed E-state index contributed by atoms with van der Waals surface area (Å²) in [6.07, 6.45) is 7.19. The molecule has 0 unspecified atom stereocenters. The Morgan fingerprint density at radius 1 is 1.13 bits per heavy atom. The molecule has 0 atom stereocenters. The fraction of sp³-hybridized carbons (Fsp3) is 0.727. The smallest absolute Gasteiger partial charge is 0.350 e. The molecule has 0 radical (unpaired) electrons. The van der Waals surface area contributed by atoms with Gasteiger partial charge in [-0.3, -0.25) is 4.79 Å². The highest BCUT2D eigenvalue weighted by Crippen LogP contribution is 2.42. The van der Waals surface area contributed by atoms with Crippen LogP contribution in [0.5, 0.6) is 0 Å². The van der Waals surface area contributed by atoms with Crippen LogP contribution in [0.15, 0.2) is 6.07 Å². The fourth-order valence-corrected chi connectivity index (χ4v) is 6.81. The molecule has 1 amide bonds. The van der Waals surface area contributed by atoms with Gasteiger partial charge in [-0.2, -0.15) is 0 Å². The number of rotatable bonds is 4. The van der Waals surface area contributed by atoms with E-state index >= 15 is 0 Å². The molecule has 6 nitrogen and oxygen atoms in total. The van der Waals surface area contributed by atoms with Crippen molar-refractivity contribution in [2.75, 3.05) is 25.2 Å². The summed E-state index contributed by atoms with van der Waals surface area (Å²) in [5.41, 5.74) is 0.717. The first-order valence-electron chi connectivity index (χ1n) is 10.9. The summed E-state index contributed by atoms with van der Waals surface area (Å²) in [5.74, 6) is 0.0263. The summed E-state index contributed by atoms with van der Waals surface area (Å²) in [5, 5.41) is 0. The normalized spacial score (nSPS) is 26.6. The van der Waals surface area contributed by atoms with Crippen molar-refractivity contribution in [1.29, 1.82) is 0 Å². The number of amides is 1. The predicted octanol–water partition coefficient (Wildman–Crippen LogP) is 4.98. The molecule has 1 aliphatic heterocycles. The maximum atomic E-state index is 13.8. The molecule has 2 heterocycles. The Morgan fingerprint density at radius 3 is 2.37 bits per heavy atom. The van der Waals surface area contributed by atoms with Crippen LogP contribution in [0.3, 0.4) is 0 Å². The first-order chi connectivity index (χ1) is 14.4. The summed E-state index contributed by atoms with van der Waals surface area (Å²) in [6, 6.07) is 2.01. The van der Waals surface area contributed by atoms with E-state index in [4.69, 9.17) is 14.2 Å². The third-order valence-corrected chi connectivity index (χ3v) is 8.68. The maximum Gasteiger partial charge on any atom is 0.350 e. The Kier molecular flexibility index (Phi) is 7.06. The number of esters is 1. The zero-order valence-electron chi connectivity index (χ0n) is 17.7. The third-order valence-electron chi connectivity index (χ3n) is 6.81. The van der Waals surface area contributed by atoms with Gasteiger partial charge in [-0.1, -0.05) is 6.92 Å². The third kappa shape index (κ3) is 4.56. The van der Waals surface area contributed by atoms with Crippen LogP contribution in [0.1, 0.15) is 68.0 Å². The van der Waals surface area contributed by atoms with Crippen LogP contribution in [-0.4, -0.2) is 44.0 Å². The number of nitrogens with zero attached hydrogens (tertiary/aromatic N) is 1. The number of halogens is 1. The first kappa shape index (κ1) is 22.5. The van der Waals surface area contributed by atoms with Crippen molar-refractivity contribution in [2.24, 2.45) is 11.8 Å². The molecule has 1 saturated heterocycles. The Bertz CT molecular complexity index is 772. The Hall–Kier alpha value is -0.710. The number of ether oxygens (including phenoxy) is 3. The van der Waals surface area contributed by atoms with Crippen LogP contribution in [0, 0.1) is 14.7 Å². The van der Waals surface area contributed by atoms with Crippen molar-refractivity contribution in [3.05, 3.63) is 13.8 Å². The lowest BCUT2D eigenvalue weighted by molar-refractivity contribution is -0.179. The lowest BCUT2D eigenvalue weighted by atomic mass is 9.81. The minimum absolute atomic E-state index is 0.0270. The highest BCUT2D eigenvalue weighted by Gasteiger charge is 2.44. The molecular weight excluding hydrogens is 517 g/mol. The Balaban J connectivity index is 1.62. The van der Waals surface area contributed by atoms with E-state index in [0.29, 0.717) is 29.7 Å². The van der Waals surface area contributed by atoms with E-state index < -0.39 is 5.79 Å². The molecule has 1 aromatic heterocycles. The van der Waals surface area contributed by atoms with Crippen molar-refractivity contribution in [3.8, 4) is 0 Å². The maximum absolute atomic E-state index is 13.8. The van der Waals surface area contributed by atoms with Gasteiger partial charge in [-0.15, -0.1) is 11.3 Å². The van der Waals surface area contributed by atoms with Crippen molar-refractivity contribution >= 4 is 51.5 Å². The zero-order chi connectivity index (χ0) is 21.3. The number of methoxy groups -OCH3 is 1. The summed E-state index contributed by atoms with van der Waals surface area (Å²) in [6.45, 7) is 3.54. The highest BCUT2D eigenvalue weighted by atomic mass is 127. The second-order valence-electron chi connectivity index (χ2n) is 8.76. The Labute approximate surface area is 195 Å². The van der Waals surface area contributed by atoms with Gasteiger partial charge in [0.25, 0.3) is 0 Å². The van der Waals surface area contributed by atoms with E-state index in [1.807, 2.05) is 11.0 Å². The van der Waals surface area contributed by atoms with Gasteiger partial charge in [0.1, 0.15) is 4.88 Å². The molecule has 3 aliphatic rings. The van der Waals surface area contributed by atoms with E-state index in [2.05, 4.69) is 29.5 Å². The van der Waals surface area contributed by atoms with Gasteiger partial charge >= 0.3 is 5.97 Å². The monoisotopic (exact) mass is 547 g/mol.